The summed E-state index contributed by atoms with van der Waals surface area (Å²) in [5, 5.41) is 98.0. The van der Waals surface area contributed by atoms with Gasteiger partial charge in [0.15, 0.2) is 11.9 Å². The number of aliphatic carboxylic acids is 3. The first kappa shape index (κ1) is 130. The molecule has 150 heavy (non-hydrogen) atoms. The second-order valence-corrected chi connectivity index (χ2v) is 37.0. The van der Waals surface area contributed by atoms with Gasteiger partial charge in [-0.2, -0.15) is 0 Å². The molecule has 2 rings (SSSR count). The number of hydrogen-bond donors (Lipinski definition) is 34. The molecule has 0 unspecified atom stereocenters. The number of H-pyrrole nitrogens is 1. The Morgan fingerprint density at radius 2 is 0.667 bits per heavy atom. The van der Waals surface area contributed by atoms with Crippen LogP contribution >= 0.6 is 0 Å². The van der Waals surface area contributed by atoms with Gasteiger partial charge in [0.1, 0.15) is 103 Å². The Balaban J connectivity index is 2.70. The van der Waals surface area contributed by atoms with Gasteiger partial charge in [-0.3, -0.25) is 126 Å². The Morgan fingerprint density at radius 1 is 0.347 bits per heavy atom. The maximum absolute atomic E-state index is 14.9. The highest BCUT2D eigenvalue weighted by atomic mass is 16.4. The maximum Gasteiger partial charge on any atom is 0.322 e. The summed E-state index contributed by atoms with van der Waals surface area (Å²) in [6, 6.07) is -22.7. The summed E-state index contributed by atoms with van der Waals surface area (Å²) in [5.41, 5.74) is 50.5. The van der Waals surface area contributed by atoms with Gasteiger partial charge in [0.2, 0.25) is 124 Å². The lowest BCUT2D eigenvalue weighted by Crippen LogP contribution is -2.62. The van der Waals surface area contributed by atoms with Crippen LogP contribution in [0.2, 0.25) is 0 Å². The molecule has 0 saturated carbocycles. The van der Waals surface area contributed by atoms with E-state index in [-0.39, 0.29) is 113 Å². The Labute approximate surface area is 863 Å². The van der Waals surface area contributed by atoms with Crippen LogP contribution in [0.5, 0.6) is 5.75 Å². The minimum atomic E-state index is -2.06. The predicted molar refractivity (Wildman–Crippen MR) is 533 cm³/mol. The average molecular weight is 2130 g/mol. The number of imidazole rings is 1. The van der Waals surface area contributed by atoms with E-state index < -0.39 is 358 Å². The molecule has 836 valence electrons. The van der Waals surface area contributed by atoms with Crippen LogP contribution in [0.1, 0.15) is 208 Å². The maximum atomic E-state index is 14.9. The number of nitrogens with two attached hydrogens (primary N) is 9. The van der Waals surface area contributed by atoms with E-state index in [0.717, 1.165) is 0 Å². The number of aromatic nitrogens is 2. The molecule has 2 aromatic rings. The van der Waals surface area contributed by atoms with Gasteiger partial charge in [0.05, 0.1) is 30.9 Å². The average Bonchev–Trinajstić information content (AvgIpc) is 0.859. The lowest BCUT2D eigenvalue weighted by Gasteiger charge is -2.31. The molecule has 43 N–H and O–H groups in total. The number of carbonyl (C=O) groups excluding carboxylic acids is 21. The summed E-state index contributed by atoms with van der Waals surface area (Å²) in [5.74, 6) is -31.9. The number of phenols is 1. The van der Waals surface area contributed by atoms with E-state index in [1.165, 1.54) is 57.6 Å². The molecule has 0 aliphatic heterocycles. The third-order valence-corrected chi connectivity index (χ3v) is 22.9. The highest BCUT2D eigenvalue weighted by Gasteiger charge is 2.42. The molecule has 0 radical (unpaired) electrons. The molecule has 59 nitrogen and oxygen atoms in total. The minimum absolute atomic E-state index is 0.0202. The number of nitrogens with zero attached hydrogens (tertiary/aromatic N) is 1. The standard InChI is InChI=1S/C91H149N31O28/c1-9-46(8)73(122-81(142)57(25-30-70(131)132)111-76(137)53(16-13-33-105-91(101)102)109-78(139)54(22-27-65(95)125)113-84(145)60(36-47-17-19-49(123)20-18-47)117-79(140)55(23-28-66(96)126)112-82(143)58(34-43(2)3)115-74(135)50(93)21-26-64(94)124)89(150)121-72(45(6)7)88(149)120-63(39-68(98)128)87(148)110-52(14-10-11-31-92)77(138)118-61(37-48-40-103-42-107-48)85(146)119-62(38-67(97)127)86(147)114-56(24-29-69(129)130)80(141)116-59(35-44(4)5)83(144)108-51(15-12-32-104-90(99)100)75(136)106-41-71(133)134/h17-20,40,42-46,50-63,72-73,123H,9-16,21-39,41,92-93H2,1-8H3,(H2,94,124)(H2,95,125)(H2,96,126)(H2,97,127)(H2,98,128)(H,103,107)(H,106,136)(H,108,144)(H,109,139)(H,110,148)(H,111,137)(H,112,143)(H,113,145)(H,114,147)(H,115,135)(H,116,141)(H,117,140)(H,118,138)(H,119,146)(H,120,149)(H,121,150)(H,122,142)(H,129,130)(H,131,132)(H,133,134)(H4,99,100,104)(H4,101,102,105)/t46-,50-,51-,52-,53-,54-,55-,56-,57-,58-,59-,60-,61-,62-,63-,72-,73-/m0/s1. The zero-order valence-corrected chi connectivity index (χ0v) is 85.0. The number of aromatic amines is 1. The van der Waals surface area contributed by atoms with Crippen molar-refractivity contribution in [2.75, 3.05) is 26.2 Å². The number of rotatable bonds is 75. The van der Waals surface area contributed by atoms with Gasteiger partial charge in [-0.15, -0.1) is 0 Å². The number of guanidine groups is 2. The van der Waals surface area contributed by atoms with Crippen molar-refractivity contribution in [2.45, 2.75) is 306 Å². The highest BCUT2D eigenvalue weighted by molar-refractivity contribution is 6.03. The third kappa shape index (κ3) is 52.3. The number of carbonyl (C=O) groups is 24. The number of benzene rings is 1. The van der Waals surface area contributed by atoms with Crippen molar-refractivity contribution in [3.8, 4) is 5.75 Å². The SMILES string of the molecule is CC[C@H](C)[C@H](NC(=O)[C@H](CCC(=O)O)NC(=O)[C@H](CCCNC(=N)N)NC(=O)[C@H](CCC(N)=O)NC(=O)[C@H](Cc1ccc(O)cc1)NC(=O)[C@H](CCC(N)=O)NC(=O)[C@H](CC(C)C)NC(=O)[C@@H](N)CCC(N)=O)C(=O)N[C@H](C(=O)N[C@@H](CC(N)=O)C(=O)N[C@@H](CCCCN)C(=O)N[C@@H](Cc1c[nH]cn1)C(=O)N[C@@H](CC(N)=O)C(=O)N[C@@H](CCC(=O)O)C(=O)N[C@@H](CC(C)C)C(=O)N[C@@H](CCCNC(=N)N)C(=O)NCC(=O)O)C(C)C. The molecule has 0 aliphatic carbocycles. The number of nitrogens with one attached hydrogen (secondary N) is 21. The van der Waals surface area contributed by atoms with Gasteiger partial charge in [0, 0.05) is 64.2 Å². The van der Waals surface area contributed by atoms with Crippen LogP contribution in [0.3, 0.4) is 0 Å². The Bertz CT molecular complexity index is 4970. The normalized spacial score (nSPS) is 14.5. The highest BCUT2D eigenvalue weighted by Crippen LogP contribution is 2.19. The van der Waals surface area contributed by atoms with E-state index in [4.69, 9.17) is 62.4 Å². The number of phenolic OH excluding ortho intramolecular Hbond substituents is 1. The van der Waals surface area contributed by atoms with Crippen molar-refractivity contribution in [1.29, 1.82) is 10.8 Å². The molecular weight excluding hydrogens is 1980 g/mol. The van der Waals surface area contributed by atoms with Crippen molar-refractivity contribution in [2.24, 2.45) is 75.3 Å². The van der Waals surface area contributed by atoms with Crippen LogP contribution < -0.4 is 147 Å². The van der Waals surface area contributed by atoms with Gasteiger partial charge < -0.3 is 173 Å². The summed E-state index contributed by atoms with van der Waals surface area (Å²) in [4.78, 5) is 336. The zero-order chi connectivity index (χ0) is 113. The van der Waals surface area contributed by atoms with Crippen molar-refractivity contribution in [1.82, 2.24) is 106 Å². The summed E-state index contributed by atoms with van der Waals surface area (Å²) in [6.07, 6.45) is -7.47. The molecule has 0 saturated heterocycles. The molecular formula is C91H149N31O28. The molecule has 1 aromatic heterocycles. The second-order valence-electron chi connectivity index (χ2n) is 37.0. The molecule has 0 aliphatic rings. The van der Waals surface area contributed by atoms with Gasteiger partial charge in [-0.25, -0.2) is 4.98 Å². The minimum Gasteiger partial charge on any atom is -0.508 e. The van der Waals surface area contributed by atoms with Gasteiger partial charge >= 0.3 is 17.9 Å². The fourth-order valence-corrected chi connectivity index (χ4v) is 14.7. The lowest BCUT2D eigenvalue weighted by atomic mass is 9.95. The Hall–Kier alpha value is -16.0. The van der Waals surface area contributed by atoms with Crippen molar-refractivity contribution in [3.63, 3.8) is 0 Å². The van der Waals surface area contributed by atoms with Crippen molar-refractivity contribution >= 4 is 154 Å². The zero-order valence-electron chi connectivity index (χ0n) is 85.0. The molecule has 1 heterocycles. The first-order valence-electron chi connectivity index (χ1n) is 48.6. The number of aromatic hydroxyl groups is 1. The molecule has 21 amide bonds. The van der Waals surface area contributed by atoms with Gasteiger partial charge in [0.25, 0.3) is 0 Å². The van der Waals surface area contributed by atoms with Crippen LogP contribution in [-0.2, 0) is 128 Å². The van der Waals surface area contributed by atoms with E-state index in [0.29, 0.717) is 0 Å². The fourth-order valence-electron chi connectivity index (χ4n) is 14.7. The largest absolute Gasteiger partial charge is 0.508 e. The summed E-state index contributed by atoms with van der Waals surface area (Å²) >= 11 is 0. The Morgan fingerprint density at radius 3 is 1.03 bits per heavy atom. The van der Waals surface area contributed by atoms with E-state index in [2.05, 4.69) is 106 Å². The topological polar surface area (TPSA) is 1020 Å². The number of unbranched alkanes of at least 4 members (excludes halogenated alkanes) is 1. The fraction of sp³-hybridized carbons (Fsp3) is 0.615. The third-order valence-electron chi connectivity index (χ3n) is 22.9. The lowest BCUT2D eigenvalue weighted by molar-refractivity contribution is -0.139. The first-order chi connectivity index (χ1) is 70.3. The smallest absolute Gasteiger partial charge is 0.322 e. The monoisotopic (exact) mass is 2120 g/mol. The predicted octanol–water partition coefficient (Wildman–Crippen LogP) is -10.6. The number of amides is 21. The first-order valence-corrected chi connectivity index (χ1v) is 48.6. The number of primary amides is 5. The van der Waals surface area contributed by atoms with Crippen LogP contribution in [0.4, 0.5) is 0 Å². The van der Waals surface area contributed by atoms with Crippen molar-refractivity contribution in [3.05, 3.63) is 48.0 Å². The van der Waals surface area contributed by atoms with Crippen molar-refractivity contribution < 1.29 is 135 Å². The number of carboxylic acids is 3. The number of carboxylic acid groups (broad SMARTS) is 3. The molecule has 0 bridgehead atoms. The Kier molecular flexibility index (Phi) is 58.7. The van der Waals surface area contributed by atoms with E-state index in [1.54, 1.807) is 34.6 Å². The van der Waals surface area contributed by atoms with Gasteiger partial charge in [-0.1, -0.05) is 73.9 Å². The van der Waals surface area contributed by atoms with Crippen LogP contribution in [0.25, 0.3) is 0 Å². The quantitative estimate of drug-likeness (QED) is 0.0166. The van der Waals surface area contributed by atoms with Crippen LogP contribution in [-0.4, -0.2) is 307 Å². The summed E-state index contributed by atoms with van der Waals surface area (Å²) in [7, 11) is 0. The number of hydrogen-bond acceptors (Lipinski definition) is 30. The molecule has 1 aromatic carbocycles. The molecule has 59 heteroatoms. The van der Waals surface area contributed by atoms with E-state index in [9.17, 15) is 135 Å². The van der Waals surface area contributed by atoms with Crippen LogP contribution in [0, 0.1) is 34.5 Å². The van der Waals surface area contributed by atoms with Gasteiger partial charge in [-0.05, 0) is 138 Å². The summed E-state index contributed by atoms with van der Waals surface area (Å²) in [6.45, 7) is 11.6. The van der Waals surface area contributed by atoms with E-state index >= 15 is 0 Å². The molecule has 0 spiro atoms. The molecule has 0 fully saturated rings. The molecule has 17 atom stereocenters. The summed E-state index contributed by atoms with van der Waals surface area (Å²) < 4.78 is 0. The van der Waals surface area contributed by atoms with E-state index in [1.807, 2.05) is 0 Å². The second kappa shape index (κ2) is 67.7. The van der Waals surface area contributed by atoms with Crippen LogP contribution in [0.15, 0.2) is 36.8 Å².